The van der Waals surface area contributed by atoms with Gasteiger partial charge in [-0.25, -0.2) is 4.98 Å². The molecule has 6 nitrogen and oxygen atoms in total. The van der Waals surface area contributed by atoms with E-state index < -0.39 is 0 Å². The summed E-state index contributed by atoms with van der Waals surface area (Å²) < 4.78 is 5.05. The number of anilines is 2. The first-order valence-electron chi connectivity index (χ1n) is 5.76. The van der Waals surface area contributed by atoms with Crippen molar-refractivity contribution in [3.8, 4) is 11.6 Å². The van der Waals surface area contributed by atoms with Gasteiger partial charge in [0, 0.05) is 24.9 Å². The molecule has 0 bridgehead atoms. The number of rotatable bonds is 4. The van der Waals surface area contributed by atoms with E-state index in [0.717, 1.165) is 11.4 Å². The second-order valence-electron chi connectivity index (χ2n) is 4.14. The molecule has 1 aromatic heterocycles. The quantitative estimate of drug-likeness (QED) is 0.864. The zero-order valence-electron chi connectivity index (χ0n) is 10.9. The first-order chi connectivity index (χ1) is 9.08. The molecule has 0 aliphatic rings. The average molecular weight is 260 g/mol. The van der Waals surface area contributed by atoms with Gasteiger partial charge in [0.1, 0.15) is 5.75 Å². The van der Waals surface area contributed by atoms with E-state index in [2.05, 4.69) is 9.97 Å². The zero-order chi connectivity index (χ0) is 13.8. The van der Waals surface area contributed by atoms with Crippen LogP contribution < -0.4 is 15.4 Å². The van der Waals surface area contributed by atoms with Gasteiger partial charge in [0.15, 0.2) is 0 Å². The third-order valence-corrected chi connectivity index (χ3v) is 2.65. The third-order valence-electron chi connectivity index (χ3n) is 2.65. The van der Waals surface area contributed by atoms with Crippen LogP contribution in [-0.2, 0) is 6.54 Å². The van der Waals surface area contributed by atoms with E-state index in [1.165, 1.54) is 7.11 Å². The second kappa shape index (κ2) is 5.43. The molecule has 0 aliphatic heterocycles. The SMILES string of the molecule is COc1cc(CN(C)c2cccc(O)c2)nc(N)n1. The van der Waals surface area contributed by atoms with Crippen molar-refractivity contribution < 1.29 is 9.84 Å². The summed E-state index contributed by atoms with van der Waals surface area (Å²) in [6.45, 7) is 0.534. The molecule has 1 heterocycles. The van der Waals surface area contributed by atoms with Gasteiger partial charge in [0.2, 0.25) is 11.8 Å². The van der Waals surface area contributed by atoms with Crippen molar-refractivity contribution in [2.45, 2.75) is 6.54 Å². The average Bonchev–Trinajstić information content (AvgIpc) is 2.38. The Kier molecular flexibility index (Phi) is 3.70. The van der Waals surface area contributed by atoms with Gasteiger partial charge in [-0.15, -0.1) is 0 Å². The number of methoxy groups -OCH3 is 1. The molecular formula is C13H16N4O2. The molecule has 19 heavy (non-hydrogen) atoms. The molecule has 6 heteroatoms. The molecule has 0 saturated heterocycles. The summed E-state index contributed by atoms with van der Waals surface area (Å²) in [5.74, 6) is 0.842. The minimum Gasteiger partial charge on any atom is -0.508 e. The molecule has 0 radical (unpaired) electrons. The van der Waals surface area contributed by atoms with E-state index in [9.17, 15) is 5.11 Å². The number of phenols is 1. The standard InChI is InChI=1S/C13H16N4O2/c1-17(10-4-3-5-11(18)7-10)8-9-6-12(19-2)16-13(14)15-9/h3-7,18H,8H2,1-2H3,(H2,14,15,16). The zero-order valence-corrected chi connectivity index (χ0v) is 10.9. The Morgan fingerprint density at radius 3 is 2.79 bits per heavy atom. The molecule has 0 saturated carbocycles. The van der Waals surface area contributed by atoms with E-state index in [4.69, 9.17) is 10.5 Å². The maximum absolute atomic E-state index is 9.46. The van der Waals surface area contributed by atoms with Crippen LogP contribution in [0.5, 0.6) is 11.6 Å². The van der Waals surface area contributed by atoms with Gasteiger partial charge < -0.3 is 20.5 Å². The van der Waals surface area contributed by atoms with Gasteiger partial charge in [0.25, 0.3) is 0 Å². The predicted molar refractivity (Wildman–Crippen MR) is 73.2 cm³/mol. The molecule has 0 spiro atoms. The number of nitrogens with zero attached hydrogens (tertiary/aromatic N) is 3. The lowest BCUT2D eigenvalue weighted by atomic mass is 10.2. The summed E-state index contributed by atoms with van der Waals surface area (Å²) in [4.78, 5) is 10.0. The Hall–Kier alpha value is -2.50. The fourth-order valence-electron chi connectivity index (χ4n) is 1.74. The van der Waals surface area contributed by atoms with E-state index in [1.54, 1.807) is 24.3 Å². The summed E-state index contributed by atoms with van der Waals surface area (Å²) >= 11 is 0. The summed E-state index contributed by atoms with van der Waals surface area (Å²) in [6.07, 6.45) is 0. The lowest BCUT2D eigenvalue weighted by Crippen LogP contribution is -2.17. The number of hydrogen-bond acceptors (Lipinski definition) is 6. The van der Waals surface area contributed by atoms with Crippen molar-refractivity contribution in [2.75, 3.05) is 24.8 Å². The van der Waals surface area contributed by atoms with Crippen LogP contribution in [0.4, 0.5) is 11.6 Å². The van der Waals surface area contributed by atoms with Gasteiger partial charge in [-0.3, -0.25) is 0 Å². The highest BCUT2D eigenvalue weighted by atomic mass is 16.5. The Labute approximate surface area is 111 Å². The van der Waals surface area contributed by atoms with Crippen LogP contribution in [0.3, 0.4) is 0 Å². The number of phenolic OH excluding ortho intramolecular Hbond substituents is 1. The highest BCUT2D eigenvalue weighted by Gasteiger charge is 2.07. The Morgan fingerprint density at radius 1 is 1.32 bits per heavy atom. The summed E-state index contributed by atoms with van der Waals surface area (Å²) in [7, 11) is 3.43. The smallest absolute Gasteiger partial charge is 0.223 e. The van der Waals surface area contributed by atoms with Crippen molar-refractivity contribution in [1.29, 1.82) is 0 Å². The molecule has 0 unspecified atom stereocenters. The Balaban J connectivity index is 2.18. The minimum atomic E-state index is 0.179. The third kappa shape index (κ3) is 3.25. The molecule has 100 valence electrons. The number of nitrogens with two attached hydrogens (primary N) is 1. The molecule has 0 atom stereocenters. The van der Waals surface area contributed by atoms with Crippen LogP contribution in [0.1, 0.15) is 5.69 Å². The van der Waals surface area contributed by atoms with Crippen molar-refractivity contribution in [3.63, 3.8) is 0 Å². The molecule has 0 fully saturated rings. The van der Waals surface area contributed by atoms with E-state index in [-0.39, 0.29) is 11.7 Å². The van der Waals surface area contributed by atoms with Crippen molar-refractivity contribution in [3.05, 3.63) is 36.0 Å². The molecule has 0 aliphatic carbocycles. The lowest BCUT2D eigenvalue weighted by molar-refractivity contribution is 0.397. The normalized spacial score (nSPS) is 10.2. The molecule has 2 rings (SSSR count). The molecule has 1 aromatic carbocycles. The molecule has 2 aromatic rings. The Bertz CT molecular complexity index is 574. The van der Waals surface area contributed by atoms with Crippen LogP contribution in [0.2, 0.25) is 0 Å². The van der Waals surface area contributed by atoms with Gasteiger partial charge in [-0.2, -0.15) is 4.98 Å². The first-order valence-corrected chi connectivity index (χ1v) is 5.76. The molecular weight excluding hydrogens is 244 g/mol. The van der Waals surface area contributed by atoms with Crippen LogP contribution in [0.25, 0.3) is 0 Å². The van der Waals surface area contributed by atoms with Crippen molar-refractivity contribution >= 4 is 11.6 Å². The van der Waals surface area contributed by atoms with Crippen LogP contribution in [-0.4, -0.2) is 29.2 Å². The topological polar surface area (TPSA) is 84.5 Å². The largest absolute Gasteiger partial charge is 0.508 e. The minimum absolute atomic E-state index is 0.179. The van der Waals surface area contributed by atoms with Gasteiger partial charge in [0.05, 0.1) is 19.3 Å². The second-order valence-corrected chi connectivity index (χ2v) is 4.14. The van der Waals surface area contributed by atoms with E-state index in [0.29, 0.717) is 12.4 Å². The maximum atomic E-state index is 9.46. The summed E-state index contributed by atoms with van der Waals surface area (Å²) in [5.41, 5.74) is 7.24. The fourth-order valence-corrected chi connectivity index (χ4v) is 1.74. The fraction of sp³-hybridized carbons (Fsp3) is 0.231. The summed E-state index contributed by atoms with van der Waals surface area (Å²) in [6, 6.07) is 8.73. The highest BCUT2D eigenvalue weighted by Crippen LogP contribution is 2.21. The van der Waals surface area contributed by atoms with Gasteiger partial charge in [-0.1, -0.05) is 6.07 Å². The van der Waals surface area contributed by atoms with Crippen molar-refractivity contribution in [1.82, 2.24) is 9.97 Å². The van der Waals surface area contributed by atoms with Gasteiger partial charge >= 0.3 is 0 Å². The van der Waals surface area contributed by atoms with Crippen LogP contribution in [0, 0.1) is 0 Å². The van der Waals surface area contributed by atoms with Gasteiger partial charge in [-0.05, 0) is 12.1 Å². The maximum Gasteiger partial charge on any atom is 0.223 e. The van der Waals surface area contributed by atoms with Crippen LogP contribution >= 0.6 is 0 Å². The number of benzene rings is 1. The number of aromatic hydroxyl groups is 1. The highest BCUT2D eigenvalue weighted by molar-refractivity contribution is 5.50. The molecule has 0 amide bonds. The van der Waals surface area contributed by atoms with Crippen molar-refractivity contribution in [2.24, 2.45) is 0 Å². The first kappa shape index (κ1) is 12.9. The number of aromatic nitrogens is 2. The predicted octanol–water partition coefficient (Wildman–Crippen LogP) is 1.41. The Morgan fingerprint density at radius 2 is 2.11 bits per heavy atom. The van der Waals surface area contributed by atoms with E-state index in [1.807, 2.05) is 18.0 Å². The number of nitrogen functional groups attached to an aromatic ring is 1. The monoisotopic (exact) mass is 260 g/mol. The number of hydrogen-bond donors (Lipinski definition) is 2. The molecule has 3 N–H and O–H groups in total. The summed E-state index contributed by atoms with van der Waals surface area (Å²) in [5, 5.41) is 9.46. The van der Waals surface area contributed by atoms with Crippen LogP contribution in [0.15, 0.2) is 30.3 Å². The van der Waals surface area contributed by atoms with E-state index >= 15 is 0 Å². The number of ether oxygens (including phenoxy) is 1. The lowest BCUT2D eigenvalue weighted by Gasteiger charge is -2.19.